The maximum absolute atomic E-state index is 5.66. The van der Waals surface area contributed by atoms with Gasteiger partial charge in [-0.2, -0.15) is 0 Å². The molecule has 0 bridgehead atoms. The molecule has 1 aromatic heterocycles. The molecule has 0 saturated carbocycles. The Balaban J connectivity index is 2.32. The minimum absolute atomic E-state index is 0.134. The van der Waals surface area contributed by atoms with E-state index in [-0.39, 0.29) is 6.04 Å². The van der Waals surface area contributed by atoms with Crippen LogP contribution in [0.5, 0.6) is 0 Å². The molecule has 0 radical (unpaired) electrons. The highest BCUT2D eigenvalue weighted by molar-refractivity contribution is 5.29. The fourth-order valence-electron chi connectivity index (χ4n) is 1.84. The van der Waals surface area contributed by atoms with E-state index in [9.17, 15) is 0 Å². The third-order valence-electron chi connectivity index (χ3n) is 2.75. The van der Waals surface area contributed by atoms with Crippen molar-refractivity contribution in [3.63, 3.8) is 0 Å². The molecule has 2 aromatic rings. The van der Waals surface area contributed by atoms with Gasteiger partial charge in [0, 0.05) is 0 Å². The molecule has 1 heterocycles. The third-order valence-corrected chi connectivity index (χ3v) is 2.75. The zero-order chi connectivity index (χ0) is 11.5. The van der Waals surface area contributed by atoms with Gasteiger partial charge in [-0.1, -0.05) is 29.8 Å². The lowest BCUT2D eigenvalue weighted by Gasteiger charge is -2.14. The number of hydrogen-bond donors (Lipinski definition) is 1. The van der Waals surface area contributed by atoms with Crippen molar-refractivity contribution >= 4 is 0 Å². The molecule has 0 spiro atoms. The third kappa shape index (κ3) is 2.17. The summed E-state index contributed by atoms with van der Waals surface area (Å²) in [5, 5.41) is 3.27. The average molecular weight is 215 g/mol. The van der Waals surface area contributed by atoms with Crippen molar-refractivity contribution in [2.45, 2.75) is 19.9 Å². The smallest absolute Gasteiger partial charge is 0.125 e. The Kier molecular flexibility index (Phi) is 3.11. The van der Waals surface area contributed by atoms with Gasteiger partial charge < -0.3 is 9.73 Å². The van der Waals surface area contributed by atoms with Crippen molar-refractivity contribution in [1.82, 2.24) is 5.32 Å². The molecule has 1 unspecified atom stereocenters. The van der Waals surface area contributed by atoms with Crippen LogP contribution in [0.4, 0.5) is 0 Å². The zero-order valence-electron chi connectivity index (χ0n) is 9.95. The van der Waals surface area contributed by atoms with Crippen molar-refractivity contribution in [3.05, 3.63) is 59.0 Å². The van der Waals surface area contributed by atoms with Gasteiger partial charge in [-0.3, -0.25) is 0 Å². The highest BCUT2D eigenvalue weighted by atomic mass is 16.3. The highest BCUT2D eigenvalue weighted by Crippen LogP contribution is 2.23. The van der Waals surface area contributed by atoms with Crippen LogP contribution in [0.3, 0.4) is 0 Å². The van der Waals surface area contributed by atoms with Gasteiger partial charge in [-0.05, 0) is 38.6 Å². The number of rotatable bonds is 3. The molecule has 2 rings (SSSR count). The lowest BCUT2D eigenvalue weighted by atomic mass is 10.0. The molecular weight excluding hydrogens is 198 g/mol. The van der Waals surface area contributed by atoms with Gasteiger partial charge in [-0.25, -0.2) is 0 Å². The normalized spacial score (nSPS) is 12.7. The predicted molar refractivity (Wildman–Crippen MR) is 65.5 cm³/mol. The second-order valence-electron chi connectivity index (χ2n) is 4.08. The molecule has 0 saturated heterocycles. The van der Waals surface area contributed by atoms with Crippen LogP contribution in [0, 0.1) is 13.8 Å². The second kappa shape index (κ2) is 4.54. The van der Waals surface area contributed by atoms with Gasteiger partial charge in [0.05, 0.1) is 6.04 Å². The van der Waals surface area contributed by atoms with E-state index in [1.807, 2.05) is 26.1 Å². The molecule has 0 amide bonds. The molecular formula is C14H17NO. The standard InChI is InChI=1S/C14H17NO/c1-10-4-7-12(8-5-10)14(15-3)13-9-6-11(2)16-13/h4-9,14-15H,1-3H3. The summed E-state index contributed by atoms with van der Waals surface area (Å²) >= 11 is 0. The van der Waals surface area contributed by atoms with Crippen molar-refractivity contribution in [2.24, 2.45) is 0 Å². The maximum Gasteiger partial charge on any atom is 0.125 e. The van der Waals surface area contributed by atoms with Crippen molar-refractivity contribution in [3.8, 4) is 0 Å². The summed E-state index contributed by atoms with van der Waals surface area (Å²) in [6.07, 6.45) is 0. The van der Waals surface area contributed by atoms with Crippen LogP contribution in [-0.2, 0) is 0 Å². The van der Waals surface area contributed by atoms with Crippen LogP contribution in [0.1, 0.15) is 28.7 Å². The van der Waals surface area contributed by atoms with Gasteiger partial charge in [-0.15, -0.1) is 0 Å². The Hall–Kier alpha value is -1.54. The summed E-state index contributed by atoms with van der Waals surface area (Å²) in [6, 6.07) is 12.7. The van der Waals surface area contributed by atoms with Gasteiger partial charge >= 0.3 is 0 Å². The van der Waals surface area contributed by atoms with E-state index in [0.29, 0.717) is 0 Å². The van der Waals surface area contributed by atoms with Crippen LogP contribution >= 0.6 is 0 Å². The zero-order valence-corrected chi connectivity index (χ0v) is 9.95. The number of benzene rings is 1. The summed E-state index contributed by atoms with van der Waals surface area (Å²) in [5.74, 6) is 1.91. The molecule has 84 valence electrons. The molecule has 0 aliphatic heterocycles. The Labute approximate surface area is 96.3 Å². The summed E-state index contributed by atoms with van der Waals surface area (Å²) in [6.45, 7) is 4.06. The van der Waals surface area contributed by atoms with E-state index >= 15 is 0 Å². The van der Waals surface area contributed by atoms with Crippen LogP contribution < -0.4 is 5.32 Å². The highest BCUT2D eigenvalue weighted by Gasteiger charge is 2.14. The summed E-state index contributed by atoms with van der Waals surface area (Å²) < 4.78 is 5.66. The van der Waals surface area contributed by atoms with E-state index in [4.69, 9.17) is 4.42 Å². The molecule has 0 aliphatic rings. The summed E-state index contributed by atoms with van der Waals surface area (Å²) in [7, 11) is 1.95. The van der Waals surface area contributed by atoms with E-state index in [2.05, 4.69) is 36.5 Å². The van der Waals surface area contributed by atoms with E-state index < -0.39 is 0 Å². The fourth-order valence-corrected chi connectivity index (χ4v) is 1.84. The first-order chi connectivity index (χ1) is 7.70. The quantitative estimate of drug-likeness (QED) is 0.850. The first-order valence-corrected chi connectivity index (χ1v) is 5.51. The van der Waals surface area contributed by atoms with E-state index in [1.165, 1.54) is 11.1 Å². The van der Waals surface area contributed by atoms with Gasteiger partial charge in [0.15, 0.2) is 0 Å². The van der Waals surface area contributed by atoms with Gasteiger partial charge in [0.25, 0.3) is 0 Å². The Morgan fingerprint density at radius 2 is 1.69 bits per heavy atom. The molecule has 2 heteroatoms. The fraction of sp³-hybridized carbons (Fsp3) is 0.286. The van der Waals surface area contributed by atoms with E-state index in [0.717, 1.165) is 11.5 Å². The molecule has 16 heavy (non-hydrogen) atoms. The lowest BCUT2D eigenvalue weighted by molar-refractivity contribution is 0.444. The van der Waals surface area contributed by atoms with Crippen LogP contribution in [-0.4, -0.2) is 7.05 Å². The largest absolute Gasteiger partial charge is 0.464 e. The Bertz CT molecular complexity index is 456. The monoisotopic (exact) mass is 215 g/mol. The van der Waals surface area contributed by atoms with Crippen molar-refractivity contribution in [2.75, 3.05) is 7.05 Å². The van der Waals surface area contributed by atoms with Crippen molar-refractivity contribution < 1.29 is 4.42 Å². The predicted octanol–water partition coefficient (Wildman–Crippen LogP) is 3.21. The number of aryl methyl sites for hydroxylation is 2. The van der Waals surface area contributed by atoms with Gasteiger partial charge in [0.2, 0.25) is 0 Å². The minimum Gasteiger partial charge on any atom is -0.464 e. The van der Waals surface area contributed by atoms with Crippen LogP contribution in [0.15, 0.2) is 40.8 Å². The topological polar surface area (TPSA) is 25.2 Å². The number of hydrogen-bond acceptors (Lipinski definition) is 2. The molecule has 2 nitrogen and oxygen atoms in total. The van der Waals surface area contributed by atoms with E-state index in [1.54, 1.807) is 0 Å². The average Bonchev–Trinajstić information content (AvgIpc) is 2.69. The molecule has 0 aliphatic carbocycles. The lowest BCUT2D eigenvalue weighted by Crippen LogP contribution is -2.16. The Morgan fingerprint density at radius 3 is 2.19 bits per heavy atom. The molecule has 1 N–H and O–H groups in total. The minimum atomic E-state index is 0.134. The first-order valence-electron chi connectivity index (χ1n) is 5.51. The molecule has 1 atom stereocenters. The van der Waals surface area contributed by atoms with Crippen LogP contribution in [0.25, 0.3) is 0 Å². The second-order valence-corrected chi connectivity index (χ2v) is 4.08. The van der Waals surface area contributed by atoms with Gasteiger partial charge in [0.1, 0.15) is 11.5 Å². The Morgan fingerprint density at radius 1 is 1.00 bits per heavy atom. The van der Waals surface area contributed by atoms with Crippen molar-refractivity contribution in [1.29, 1.82) is 0 Å². The summed E-state index contributed by atoms with van der Waals surface area (Å²) in [5.41, 5.74) is 2.50. The maximum atomic E-state index is 5.66. The number of nitrogens with one attached hydrogen (secondary N) is 1. The first kappa shape index (κ1) is 11.0. The molecule has 0 fully saturated rings. The summed E-state index contributed by atoms with van der Waals surface area (Å²) in [4.78, 5) is 0. The number of furan rings is 1. The SMILES string of the molecule is CNC(c1ccc(C)cc1)c1ccc(C)o1. The van der Waals surface area contributed by atoms with Crippen LogP contribution in [0.2, 0.25) is 0 Å². The molecule has 1 aromatic carbocycles.